The highest BCUT2D eigenvalue weighted by Gasteiger charge is 2.28. The number of ether oxygens (including phenoxy) is 1. The van der Waals surface area contributed by atoms with E-state index in [9.17, 15) is 9.90 Å². The molecule has 2 atom stereocenters. The Hall–Kier alpha value is -1.80. The summed E-state index contributed by atoms with van der Waals surface area (Å²) in [5, 5.41) is 15.3. The number of carbonyl (C=O) groups is 1. The molecule has 0 radical (unpaired) electrons. The summed E-state index contributed by atoms with van der Waals surface area (Å²) in [5.41, 5.74) is 2.37. The molecule has 1 fully saturated rings. The zero-order chi connectivity index (χ0) is 21.1. The molecule has 2 unspecified atom stereocenters. The number of benzene rings is 1. The number of halogens is 2. The second kappa shape index (κ2) is 9.34. The number of aliphatic hydroxyl groups excluding tert-OH is 1. The van der Waals surface area contributed by atoms with E-state index >= 15 is 0 Å². The van der Waals surface area contributed by atoms with Gasteiger partial charge < -0.3 is 14.7 Å². The molecule has 1 aromatic heterocycles. The third kappa shape index (κ3) is 4.69. The van der Waals surface area contributed by atoms with Crippen molar-refractivity contribution >= 4 is 35.2 Å². The quantitative estimate of drug-likeness (QED) is 0.667. The van der Waals surface area contributed by atoms with Crippen molar-refractivity contribution in [3.8, 4) is 5.75 Å². The van der Waals surface area contributed by atoms with E-state index in [0.717, 1.165) is 30.8 Å². The number of hydrogen-bond acceptors (Lipinski definition) is 6. The van der Waals surface area contributed by atoms with Gasteiger partial charge in [0, 0.05) is 44.4 Å². The van der Waals surface area contributed by atoms with Crippen molar-refractivity contribution in [3.05, 3.63) is 39.6 Å². The van der Waals surface area contributed by atoms with E-state index < -0.39 is 12.3 Å². The lowest BCUT2D eigenvalue weighted by atomic mass is 10.2. The highest BCUT2D eigenvalue weighted by molar-refractivity contribution is 6.32. The van der Waals surface area contributed by atoms with Crippen LogP contribution in [0.15, 0.2) is 18.2 Å². The van der Waals surface area contributed by atoms with Crippen molar-refractivity contribution in [2.24, 2.45) is 0 Å². The van der Waals surface area contributed by atoms with Crippen LogP contribution in [0.5, 0.6) is 5.75 Å². The van der Waals surface area contributed by atoms with Crippen molar-refractivity contribution in [2.75, 3.05) is 38.2 Å². The van der Waals surface area contributed by atoms with Crippen LogP contribution in [0, 0.1) is 6.92 Å². The van der Waals surface area contributed by atoms with Crippen LogP contribution in [0.4, 0.5) is 5.69 Å². The van der Waals surface area contributed by atoms with Gasteiger partial charge in [0.05, 0.1) is 34.6 Å². The summed E-state index contributed by atoms with van der Waals surface area (Å²) < 4.78 is 6.97. The van der Waals surface area contributed by atoms with Crippen LogP contribution < -0.4 is 9.64 Å². The number of piperazine rings is 1. The van der Waals surface area contributed by atoms with E-state index in [0.29, 0.717) is 41.0 Å². The van der Waals surface area contributed by atoms with Crippen LogP contribution >= 0.6 is 23.2 Å². The lowest BCUT2D eigenvalue weighted by Gasteiger charge is -2.38. The number of aliphatic hydroxyl groups is 1. The number of hydrogen-bond donors (Lipinski definition) is 1. The van der Waals surface area contributed by atoms with Gasteiger partial charge in [-0.2, -0.15) is 5.10 Å². The zero-order valence-corrected chi connectivity index (χ0v) is 18.3. The molecule has 29 heavy (non-hydrogen) atoms. The summed E-state index contributed by atoms with van der Waals surface area (Å²) in [6, 6.07) is 5.72. The second-order valence-corrected chi connectivity index (χ2v) is 8.02. The molecule has 0 aliphatic carbocycles. The third-order valence-electron chi connectivity index (χ3n) is 5.19. The number of aromatic nitrogens is 2. The average molecular weight is 441 g/mol. The molecule has 0 spiro atoms. The summed E-state index contributed by atoms with van der Waals surface area (Å²) in [6.45, 7) is 6.42. The van der Waals surface area contributed by atoms with E-state index in [1.165, 1.54) is 0 Å². The maximum absolute atomic E-state index is 11.9. The van der Waals surface area contributed by atoms with Crippen LogP contribution in [0.2, 0.25) is 10.0 Å². The predicted octanol–water partition coefficient (Wildman–Crippen LogP) is 2.95. The molecule has 1 aliphatic heterocycles. The van der Waals surface area contributed by atoms with Gasteiger partial charge in [-0.25, -0.2) is 4.68 Å². The predicted molar refractivity (Wildman–Crippen MR) is 114 cm³/mol. The molecule has 158 valence electrons. The maximum Gasteiger partial charge on any atom is 0.160 e. The van der Waals surface area contributed by atoms with Gasteiger partial charge >= 0.3 is 0 Å². The van der Waals surface area contributed by atoms with E-state index in [1.807, 2.05) is 25.1 Å². The highest BCUT2D eigenvalue weighted by atomic mass is 35.5. The Balaban J connectivity index is 1.73. The van der Waals surface area contributed by atoms with Gasteiger partial charge in [-0.3, -0.25) is 9.69 Å². The fourth-order valence-electron chi connectivity index (χ4n) is 3.61. The van der Waals surface area contributed by atoms with Gasteiger partial charge in [0.1, 0.15) is 5.75 Å². The Labute approximate surface area is 180 Å². The smallest absolute Gasteiger partial charge is 0.160 e. The Morgan fingerprint density at radius 2 is 1.97 bits per heavy atom. The van der Waals surface area contributed by atoms with E-state index in [4.69, 9.17) is 27.9 Å². The van der Waals surface area contributed by atoms with Crippen molar-refractivity contribution in [1.82, 2.24) is 14.7 Å². The van der Waals surface area contributed by atoms with Crippen LogP contribution in [0.3, 0.4) is 0 Å². The molecule has 7 nitrogen and oxygen atoms in total. The normalized spacial score (nSPS) is 17.2. The topological polar surface area (TPSA) is 70.8 Å². The molecule has 1 N–H and O–H groups in total. The monoisotopic (exact) mass is 440 g/mol. The molecule has 1 saturated heterocycles. The summed E-state index contributed by atoms with van der Waals surface area (Å²) >= 11 is 12.5. The van der Waals surface area contributed by atoms with Gasteiger partial charge in [-0.1, -0.05) is 23.2 Å². The minimum atomic E-state index is -0.551. The van der Waals surface area contributed by atoms with Gasteiger partial charge in [0.15, 0.2) is 12.5 Å². The van der Waals surface area contributed by atoms with Gasteiger partial charge in [-0.15, -0.1) is 0 Å². The number of aldehydes is 1. The van der Waals surface area contributed by atoms with Gasteiger partial charge in [0.25, 0.3) is 0 Å². The van der Waals surface area contributed by atoms with Crippen LogP contribution in [0.25, 0.3) is 0 Å². The zero-order valence-electron chi connectivity index (χ0n) is 16.8. The lowest BCUT2D eigenvalue weighted by Crippen LogP contribution is -2.49. The van der Waals surface area contributed by atoms with Crippen molar-refractivity contribution in [2.45, 2.75) is 32.5 Å². The number of nitrogens with zero attached hydrogens (tertiary/aromatic N) is 4. The fourth-order valence-corrected chi connectivity index (χ4v) is 4.01. The van der Waals surface area contributed by atoms with Gasteiger partial charge in [0.2, 0.25) is 0 Å². The molecule has 9 heteroatoms. The van der Waals surface area contributed by atoms with Crippen LogP contribution in [-0.2, 0) is 11.2 Å². The molecular weight excluding hydrogens is 415 g/mol. The van der Waals surface area contributed by atoms with Gasteiger partial charge in [-0.05, 0) is 26.0 Å². The molecular formula is C20H26Cl2N4O3. The highest BCUT2D eigenvalue weighted by Crippen LogP contribution is 2.31. The number of rotatable bonds is 7. The Morgan fingerprint density at radius 3 is 2.55 bits per heavy atom. The maximum atomic E-state index is 11.9. The molecule has 2 heterocycles. The first kappa shape index (κ1) is 21.9. The van der Waals surface area contributed by atoms with Crippen LogP contribution in [0.1, 0.15) is 24.5 Å². The minimum Gasteiger partial charge on any atom is -0.495 e. The number of methoxy groups -OCH3 is 1. The van der Waals surface area contributed by atoms with E-state index in [-0.39, 0.29) is 0 Å². The first-order valence-corrected chi connectivity index (χ1v) is 10.3. The Morgan fingerprint density at radius 1 is 1.28 bits per heavy atom. The number of anilines is 1. The molecule has 2 aromatic rings. The molecule has 0 bridgehead atoms. The Kier molecular flexibility index (Phi) is 7.05. The van der Waals surface area contributed by atoms with Crippen molar-refractivity contribution in [3.63, 3.8) is 0 Å². The van der Waals surface area contributed by atoms with Crippen molar-refractivity contribution < 1.29 is 14.6 Å². The lowest BCUT2D eigenvalue weighted by molar-refractivity contribution is -0.116. The fraction of sp³-hybridized carbons (Fsp3) is 0.500. The SMILES string of the molecule is COc1cc(N2CCN(C(C=O)n3nc(CC(C)O)c(Cl)c3C)CC2)ccc1Cl. The first-order chi connectivity index (χ1) is 13.8. The summed E-state index contributed by atoms with van der Waals surface area (Å²) in [7, 11) is 1.60. The largest absolute Gasteiger partial charge is 0.495 e. The summed E-state index contributed by atoms with van der Waals surface area (Å²) in [6.07, 6.45) is 0.162. The van der Waals surface area contributed by atoms with E-state index in [1.54, 1.807) is 18.7 Å². The standard InChI is InChI=1S/C20H26Cl2N4O3/c1-13(28)10-17-20(22)14(2)26(23-17)19(12-27)25-8-6-24(7-9-25)15-4-5-16(21)18(11-15)29-3/h4-5,11-13,19,28H,6-10H2,1-3H3. The Bertz CT molecular complexity index is 864. The second-order valence-electron chi connectivity index (χ2n) is 7.24. The first-order valence-electron chi connectivity index (χ1n) is 9.55. The molecule has 3 rings (SSSR count). The summed E-state index contributed by atoms with van der Waals surface area (Å²) in [4.78, 5) is 16.3. The molecule has 0 amide bonds. The molecule has 1 aliphatic rings. The molecule has 1 aromatic carbocycles. The van der Waals surface area contributed by atoms with Crippen LogP contribution in [-0.4, -0.2) is 65.5 Å². The average Bonchev–Trinajstić information content (AvgIpc) is 2.97. The number of carbonyl (C=O) groups excluding carboxylic acids is 1. The minimum absolute atomic E-state index is 0.352. The van der Waals surface area contributed by atoms with Crippen molar-refractivity contribution in [1.29, 1.82) is 0 Å². The molecule has 0 saturated carbocycles. The van der Waals surface area contributed by atoms with E-state index in [2.05, 4.69) is 14.9 Å². The summed E-state index contributed by atoms with van der Waals surface area (Å²) in [5.74, 6) is 0.643. The third-order valence-corrected chi connectivity index (χ3v) is 6.00.